The van der Waals surface area contributed by atoms with Crippen molar-refractivity contribution in [3.05, 3.63) is 71.3 Å². The molecular formula is C20H14ClF3N4O3S. The maximum absolute atomic E-state index is 12.7. The third-order valence-corrected chi connectivity index (χ3v) is 6.38. The van der Waals surface area contributed by atoms with Crippen LogP contribution < -0.4 is 0 Å². The van der Waals surface area contributed by atoms with Gasteiger partial charge in [0.15, 0.2) is 0 Å². The Bertz CT molecular complexity index is 1360. The van der Waals surface area contributed by atoms with Crippen molar-refractivity contribution >= 4 is 21.4 Å². The van der Waals surface area contributed by atoms with Crippen LogP contribution in [0, 0.1) is 6.92 Å². The number of nitrogens with zero attached hydrogens (tertiary/aromatic N) is 4. The zero-order chi connectivity index (χ0) is 23.1. The molecule has 0 unspecified atom stereocenters. The first-order valence-electron chi connectivity index (χ1n) is 9.08. The summed E-state index contributed by atoms with van der Waals surface area (Å²) in [5.41, 5.74) is -2.54. The normalized spacial score (nSPS) is 12.3. The van der Waals surface area contributed by atoms with Gasteiger partial charge >= 0.3 is 5.51 Å². The highest BCUT2D eigenvalue weighted by molar-refractivity contribution is 7.92. The monoisotopic (exact) mass is 482 g/mol. The molecule has 32 heavy (non-hydrogen) atoms. The second-order valence-electron chi connectivity index (χ2n) is 6.88. The molecule has 0 N–H and O–H groups in total. The van der Waals surface area contributed by atoms with E-state index >= 15 is 0 Å². The molecule has 0 aliphatic rings. The summed E-state index contributed by atoms with van der Waals surface area (Å²) in [5.74, 6) is 0.325. The Kier molecular flexibility index (Phi) is 5.55. The molecule has 7 nitrogen and oxygen atoms in total. The van der Waals surface area contributed by atoms with Crippen LogP contribution in [0.25, 0.3) is 22.8 Å². The van der Waals surface area contributed by atoms with Crippen LogP contribution >= 0.6 is 11.6 Å². The highest BCUT2D eigenvalue weighted by Gasteiger charge is 2.46. The van der Waals surface area contributed by atoms with E-state index in [1.165, 1.54) is 12.1 Å². The molecule has 0 amide bonds. The van der Waals surface area contributed by atoms with Crippen molar-refractivity contribution in [1.82, 2.24) is 19.7 Å². The molecule has 4 aromatic rings. The number of benzene rings is 1. The molecule has 0 fully saturated rings. The first-order valence-corrected chi connectivity index (χ1v) is 10.9. The molecule has 0 aliphatic heterocycles. The van der Waals surface area contributed by atoms with Crippen LogP contribution in [0.4, 0.5) is 13.2 Å². The lowest BCUT2D eigenvalue weighted by Gasteiger charge is -2.07. The Balaban J connectivity index is 1.56. The number of sulfone groups is 1. The van der Waals surface area contributed by atoms with Gasteiger partial charge in [-0.15, -0.1) is 0 Å². The fourth-order valence-corrected chi connectivity index (χ4v) is 3.85. The van der Waals surface area contributed by atoms with Gasteiger partial charge in [-0.3, -0.25) is 0 Å². The van der Waals surface area contributed by atoms with E-state index in [0.717, 1.165) is 23.4 Å². The van der Waals surface area contributed by atoms with Gasteiger partial charge in [0.25, 0.3) is 15.7 Å². The minimum Gasteiger partial charge on any atom is -0.346 e. The van der Waals surface area contributed by atoms with Gasteiger partial charge in [-0.05, 0) is 48.9 Å². The number of halogens is 4. The predicted octanol–water partition coefficient (Wildman–Crippen LogP) is 4.90. The Morgan fingerprint density at radius 3 is 2.44 bits per heavy atom. The van der Waals surface area contributed by atoms with Crippen molar-refractivity contribution in [2.45, 2.75) is 23.9 Å². The summed E-state index contributed by atoms with van der Waals surface area (Å²) in [6.07, 6.45) is 3.50. The molecular weight excluding hydrogens is 469 g/mol. The predicted molar refractivity (Wildman–Crippen MR) is 109 cm³/mol. The minimum absolute atomic E-state index is 0.114. The fourth-order valence-electron chi connectivity index (χ4n) is 2.97. The summed E-state index contributed by atoms with van der Waals surface area (Å²) in [7, 11) is -5.42. The molecule has 0 saturated carbocycles. The zero-order valence-electron chi connectivity index (χ0n) is 16.3. The lowest BCUT2D eigenvalue weighted by molar-refractivity contribution is -0.0436. The van der Waals surface area contributed by atoms with Gasteiger partial charge in [0.1, 0.15) is 5.15 Å². The summed E-state index contributed by atoms with van der Waals surface area (Å²) in [4.78, 5) is 7.47. The van der Waals surface area contributed by atoms with Gasteiger partial charge < -0.3 is 9.09 Å². The third kappa shape index (κ3) is 4.26. The summed E-state index contributed by atoms with van der Waals surface area (Å²) >= 11 is 5.81. The van der Waals surface area contributed by atoms with E-state index in [0.29, 0.717) is 22.8 Å². The lowest BCUT2D eigenvalue weighted by atomic mass is 10.2. The number of aryl methyl sites for hydroxylation is 1. The van der Waals surface area contributed by atoms with Crippen LogP contribution in [-0.4, -0.2) is 33.6 Å². The molecule has 0 saturated heterocycles. The van der Waals surface area contributed by atoms with Crippen LogP contribution in [0.2, 0.25) is 5.15 Å². The number of rotatable bonds is 5. The molecule has 0 aliphatic carbocycles. The second-order valence-corrected chi connectivity index (χ2v) is 9.21. The first-order chi connectivity index (χ1) is 15.0. The summed E-state index contributed by atoms with van der Waals surface area (Å²) in [6, 6.07) is 9.51. The topological polar surface area (TPSA) is 90.9 Å². The van der Waals surface area contributed by atoms with Gasteiger partial charge in [0.2, 0.25) is 5.82 Å². The first kappa shape index (κ1) is 22.0. The van der Waals surface area contributed by atoms with Crippen LogP contribution in [0.15, 0.2) is 64.3 Å². The maximum Gasteiger partial charge on any atom is 0.501 e. The van der Waals surface area contributed by atoms with E-state index in [1.54, 1.807) is 12.3 Å². The van der Waals surface area contributed by atoms with Crippen LogP contribution in [0.5, 0.6) is 0 Å². The Hall–Kier alpha value is -3.18. The van der Waals surface area contributed by atoms with Gasteiger partial charge in [0, 0.05) is 30.2 Å². The van der Waals surface area contributed by atoms with Crippen LogP contribution in [0.1, 0.15) is 11.3 Å². The van der Waals surface area contributed by atoms with E-state index in [1.807, 2.05) is 29.8 Å². The number of hydrogen-bond acceptors (Lipinski definition) is 6. The minimum atomic E-state index is -5.42. The summed E-state index contributed by atoms with van der Waals surface area (Å²) < 4.78 is 68.3. The molecule has 3 aromatic heterocycles. The number of hydrogen-bond donors (Lipinski definition) is 0. The van der Waals surface area contributed by atoms with Crippen LogP contribution in [0.3, 0.4) is 0 Å². The van der Waals surface area contributed by atoms with E-state index < -0.39 is 20.2 Å². The Morgan fingerprint density at radius 2 is 1.81 bits per heavy atom. The second kappa shape index (κ2) is 8.06. The number of aromatic nitrogens is 4. The Labute approximate surface area is 185 Å². The van der Waals surface area contributed by atoms with E-state index in [-0.39, 0.29) is 11.7 Å². The average molecular weight is 483 g/mol. The summed E-state index contributed by atoms with van der Waals surface area (Å²) in [5, 5.41) is 4.25. The standard InChI is InChI=1S/C20H14ClF3N4O3S/c1-12-8-15(11-28(12)10-13-2-7-17(21)25-9-13)19-26-18(27-31-19)14-3-5-16(6-4-14)32(29,30)20(22,23)24/h2-9,11H,10H2,1H3. The number of pyridine rings is 1. The largest absolute Gasteiger partial charge is 0.501 e. The highest BCUT2D eigenvalue weighted by atomic mass is 35.5. The van der Waals surface area contributed by atoms with Gasteiger partial charge in [-0.2, -0.15) is 18.2 Å². The molecule has 0 radical (unpaired) electrons. The van der Waals surface area contributed by atoms with Crippen molar-refractivity contribution in [3.8, 4) is 22.8 Å². The molecule has 0 bridgehead atoms. The molecule has 1 aromatic carbocycles. The van der Waals surface area contributed by atoms with Gasteiger partial charge in [-0.25, -0.2) is 13.4 Å². The molecule has 12 heteroatoms. The van der Waals surface area contributed by atoms with E-state index in [2.05, 4.69) is 15.1 Å². The molecule has 3 heterocycles. The third-order valence-electron chi connectivity index (χ3n) is 4.65. The highest BCUT2D eigenvalue weighted by Crippen LogP contribution is 2.31. The zero-order valence-corrected chi connectivity index (χ0v) is 17.9. The van der Waals surface area contributed by atoms with Crippen molar-refractivity contribution in [1.29, 1.82) is 0 Å². The maximum atomic E-state index is 12.7. The van der Waals surface area contributed by atoms with Crippen molar-refractivity contribution in [2.24, 2.45) is 0 Å². The molecule has 0 spiro atoms. The molecule has 166 valence electrons. The van der Waals surface area contributed by atoms with Crippen molar-refractivity contribution in [2.75, 3.05) is 0 Å². The SMILES string of the molecule is Cc1cc(-c2nc(-c3ccc(S(=O)(=O)C(F)(F)F)cc3)no2)cn1Cc1ccc(Cl)nc1. The fraction of sp³-hybridized carbons (Fsp3) is 0.150. The van der Waals surface area contributed by atoms with Crippen molar-refractivity contribution < 1.29 is 26.1 Å². The molecule has 0 atom stereocenters. The summed E-state index contributed by atoms with van der Waals surface area (Å²) in [6.45, 7) is 2.45. The van der Waals surface area contributed by atoms with Gasteiger partial charge in [-0.1, -0.05) is 22.8 Å². The number of alkyl halides is 3. The van der Waals surface area contributed by atoms with Crippen LogP contribution in [-0.2, 0) is 16.4 Å². The quantitative estimate of drug-likeness (QED) is 0.376. The lowest BCUT2D eigenvalue weighted by Crippen LogP contribution is -2.23. The van der Waals surface area contributed by atoms with Crippen molar-refractivity contribution in [3.63, 3.8) is 0 Å². The smallest absolute Gasteiger partial charge is 0.346 e. The van der Waals surface area contributed by atoms with E-state index in [4.69, 9.17) is 16.1 Å². The van der Waals surface area contributed by atoms with E-state index in [9.17, 15) is 21.6 Å². The Morgan fingerprint density at radius 1 is 1.09 bits per heavy atom. The molecule has 4 rings (SSSR count). The van der Waals surface area contributed by atoms with Gasteiger partial charge in [0.05, 0.1) is 10.5 Å². The average Bonchev–Trinajstić information content (AvgIpc) is 3.36.